The first kappa shape index (κ1) is 13.8. The van der Waals surface area contributed by atoms with Crippen molar-refractivity contribution in [3.8, 4) is 10.7 Å². The van der Waals surface area contributed by atoms with E-state index in [9.17, 15) is 18.0 Å². The molecule has 0 saturated heterocycles. The normalized spacial score (nSPS) is 11.6. The fraction of sp³-hybridized carbons (Fsp3) is 0.100. The number of nitrogens with zero attached hydrogens (tertiary/aromatic N) is 2. The highest BCUT2D eigenvalue weighted by Gasteiger charge is 2.39. The summed E-state index contributed by atoms with van der Waals surface area (Å²) in [6.45, 7) is 0. The van der Waals surface area contributed by atoms with Gasteiger partial charge in [-0.3, -0.25) is 4.98 Å². The molecule has 0 atom stereocenters. The van der Waals surface area contributed by atoms with Crippen molar-refractivity contribution in [2.45, 2.75) is 6.18 Å². The van der Waals surface area contributed by atoms with Gasteiger partial charge in [-0.15, -0.1) is 11.3 Å². The zero-order chi connectivity index (χ0) is 14.2. The Morgan fingerprint density at radius 3 is 2.47 bits per heavy atom. The lowest BCUT2D eigenvalue weighted by Crippen LogP contribution is -2.11. The average molecular weight is 309 g/mol. The van der Waals surface area contributed by atoms with Crippen LogP contribution in [-0.4, -0.2) is 21.0 Å². The van der Waals surface area contributed by atoms with Gasteiger partial charge in [-0.2, -0.15) is 13.2 Å². The Hall–Kier alpha value is -1.67. The van der Waals surface area contributed by atoms with Gasteiger partial charge in [0.1, 0.15) is 9.88 Å². The van der Waals surface area contributed by atoms with Crippen molar-refractivity contribution in [3.63, 3.8) is 0 Å². The minimum atomic E-state index is -4.82. The first-order chi connectivity index (χ1) is 8.79. The number of hydrogen-bond acceptors (Lipinski definition) is 4. The lowest BCUT2D eigenvalue weighted by molar-refractivity contribution is -0.141. The van der Waals surface area contributed by atoms with Gasteiger partial charge in [-0.1, -0.05) is 11.6 Å². The highest BCUT2D eigenvalue weighted by molar-refractivity contribution is 7.17. The number of aromatic nitrogens is 2. The molecule has 9 heteroatoms. The van der Waals surface area contributed by atoms with Gasteiger partial charge in [-0.25, -0.2) is 9.78 Å². The molecule has 4 nitrogen and oxygen atoms in total. The monoisotopic (exact) mass is 308 g/mol. The summed E-state index contributed by atoms with van der Waals surface area (Å²) in [5, 5.41) is 8.95. The summed E-state index contributed by atoms with van der Waals surface area (Å²) in [7, 11) is 0. The molecule has 2 aromatic heterocycles. The number of carbonyl (C=O) groups is 1. The van der Waals surface area contributed by atoms with E-state index in [0.29, 0.717) is 16.4 Å². The predicted octanol–water partition coefficient (Wildman–Crippen LogP) is 3.58. The number of carboxylic acid groups (broad SMARTS) is 1. The molecule has 0 radical (unpaired) electrons. The van der Waals surface area contributed by atoms with Gasteiger partial charge < -0.3 is 5.11 Å². The van der Waals surface area contributed by atoms with Crippen molar-refractivity contribution in [3.05, 3.63) is 33.9 Å². The maximum atomic E-state index is 12.6. The second-order valence-corrected chi connectivity index (χ2v) is 4.80. The van der Waals surface area contributed by atoms with E-state index in [1.54, 1.807) is 0 Å². The minimum Gasteiger partial charge on any atom is -0.477 e. The Kier molecular flexibility index (Phi) is 3.46. The van der Waals surface area contributed by atoms with Crippen molar-refractivity contribution < 1.29 is 23.1 Å². The first-order valence-electron chi connectivity index (χ1n) is 4.72. The number of aromatic carboxylic acids is 1. The highest BCUT2D eigenvalue weighted by Crippen LogP contribution is 2.37. The fourth-order valence-electron chi connectivity index (χ4n) is 1.27. The Morgan fingerprint density at radius 1 is 1.37 bits per heavy atom. The topological polar surface area (TPSA) is 63.1 Å². The zero-order valence-corrected chi connectivity index (χ0v) is 10.5. The van der Waals surface area contributed by atoms with E-state index in [1.807, 2.05) is 0 Å². The van der Waals surface area contributed by atoms with E-state index in [1.165, 1.54) is 18.3 Å². The maximum Gasteiger partial charge on any atom is 0.435 e. The Bertz CT molecular complexity index is 625. The largest absolute Gasteiger partial charge is 0.477 e. The molecule has 2 aromatic rings. The average Bonchev–Trinajstić information content (AvgIpc) is 2.74. The summed E-state index contributed by atoms with van der Waals surface area (Å²) < 4.78 is 37.9. The number of halogens is 4. The van der Waals surface area contributed by atoms with Crippen LogP contribution in [0.1, 0.15) is 15.4 Å². The smallest absolute Gasteiger partial charge is 0.435 e. The molecule has 0 unspecified atom stereocenters. The Balaban J connectivity index is 2.55. The number of alkyl halides is 3. The van der Waals surface area contributed by atoms with Crippen LogP contribution in [0.4, 0.5) is 13.2 Å². The molecular formula is C10H4ClF3N2O2S. The molecule has 1 N–H and O–H groups in total. The van der Waals surface area contributed by atoms with Crippen LogP contribution in [0.2, 0.25) is 5.02 Å². The molecule has 2 heterocycles. The number of carboxylic acids is 1. The van der Waals surface area contributed by atoms with Crippen LogP contribution in [0.15, 0.2) is 18.3 Å². The van der Waals surface area contributed by atoms with E-state index < -0.39 is 22.7 Å². The van der Waals surface area contributed by atoms with Gasteiger partial charge in [-0.05, 0) is 12.1 Å². The van der Waals surface area contributed by atoms with Gasteiger partial charge in [0.05, 0.1) is 10.7 Å². The third kappa shape index (κ3) is 2.85. The molecule has 0 bridgehead atoms. The van der Waals surface area contributed by atoms with Gasteiger partial charge in [0, 0.05) is 6.20 Å². The molecule has 0 aliphatic heterocycles. The molecule has 0 aliphatic carbocycles. The van der Waals surface area contributed by atoms with Crippen LogP contribution in [0.5, 0.6) is 0 Å². The summed E-state index contributed by atoms with van der Waals surface area (Å²) in [4.78, 5) is 17.0. The lowest BCUT2D eigenvalue weighted by atomic mass is 10.3. The maximum absolute atomic E-state index is 12.6. The van der Waals surface area contributed by atoms with Crippen LogP contribution in [0, 0.1) is 0 Å². The van der Waals surface area contributed by atoms with E-state index in [2.05, 4.69) is 9.97 Å². The van der Waals surface area contributed by atoms with Gasteiger partial charge >= 0.3 is 12.1 Å². The zero-order valence-electron chi connectivity index (χ0n) is 8.90. The SMILES string of the molecule is O=C(O)c1sc(-c2ccc(Cl)cn2)nc1C(F)(F)F. The molecular weight excluding hydrogens is 305 g/mol. The first-order valence-corrected chi connectivity index (χ1v) is 5.91. The lowest BCUT2D eigenvalue weighted by Gasteiger charge is -2.02. The van der Waals surface area contributed by atoms with Crippen LogP contribution in [0.25, 0.3) is 10.7 Å². The third-order valence-electron chi connectivity index (χ3n) is 2.04. The molecule has 0 aromatic carbocycles. The molecule has 0 amide bonds. The molecule has 0 spiro atoms. The van der Waals surface area contributed by atoms with Crippen molar-refractivity contribution in [2.24, 2.45) is 0 Å². The summed E-state index contributed by atoms with van der Waals surface area (Å²) >= 11 is 6.02. The van der Waals surface area contributed by atoms with Gasteiger partial charge in [0.25, 0.3) is 0 Å². The number of thiazole rings is 1. The van der Waals surface area contributed by atoms with E-state index in [4.69, 9.17) is 16.7 Å². The second-order valence-electron chi connectivity index (χ2n) is 3.36. The summed E-state index contributed by atoms with van der Waals surface area (Å²) in [5.74, 6) is -1.68. The number of rotatable bonds is 2. The summed E-state index contributed by atoms with van der Waals surface area (Å²) in [6, 6.07) is 2.80. The Labute approximate surface area is 113 Å². The van der Waals surface area contributed by atoms with Crippen molar-refractivity contribution >= 4 is 28.9 Å². The standard InChI is InChI=1S/C10H4ClF3N2O2S/c11-4-1-2-5(15-3-4)8-16-7(10(12,13)14)6(19-8)9(17)18/h1-3H,(H,17,18). The van der Waals surface area contributed by atoms with Crippen LogP contribution in [0.3, 0.4) is 0 Å². The van der Waals surface area contributed by atoms with Crippen molar-refractivity contribution in [2.75, 3.05) is 0 Å². The van der Waals surface area contributed by atoms with Crippen molar-refractivity contribution in [1.82, 2.24) is 9.97 Å². The summed E-state index contributed by atoms with van der Waals surface area (Å²) in [5.41, 5.74) is -1.29. The van der Waals surface area contributed by atoms with Crippen LogP contribution in [-0.2, 0) is 6.18 Å². The van der Waals surface area contributed by atoms with E-state index in [-0.39, 0.29) is 10.7 Å². The molecule has 2 rings (SSSR count). The van der Waals surface area contributed by atoms with E-state index in [0.717, 1.165) is 0 Å². The predicted molar refractivity (Wildman–Crippen MR) is 62.3 cm³/mol. The third-order valence-corrected chi connectivity index (χ3v) is 3.33. The number of hydrogen-bond donors (Lipinski definition) is 1. The minimum absolute atomic E-state index is 0.124. The quantitative estimate of drug-likeness (QED) is 0.921. The molecule has 0 aliphatic rings. The van der Waals surface area contributed by atoms with Gasteiger partial charge in [0.15, 0.2) is 5.69 Å². The van der Waals surface area contributed by atoms with Crippen molar-refractivity contribution in [1.29, 1.82) is 0 Å². The highest BCUT2D eigenvalue weighted by atomic mass is 35.5. The molecule has 0 saturated carbocycles. The van der Waals surface area contributed by atoms with Gasteiger partial charge in [0.2, 0.25) is 0 Å². The van der Waals surface area contributed by atoms with Crippen LogP contribution < -0.4 is 0 Å². The van der Waals surface area contributed by atoms with E-state index >= 15 is 0 Å². The van der Waals surface area contributed by atoms with Crippen LogP contribution >= 0.6 is 22.9 Å². The summed E-state index contributed by atoms with van der Waals surface area (Å²) in [6.07, 6.45) is -3.58. The second kappa shape index (κ2) is 4.78. The molecule has 0 fully saturated rings. The number of pyridine rings is 1. The fourth-order valence-corrected chi connectivity index (χ4v) is 2.28. The molecule has 19 heavy (non-hydrogen) atoms. The molecule has 100 valence electrons. The Morgan fingerprint density at radius 2 is 2.05 bits per heavy atom.